The number of rotatable bonds is 6. The average Bonchev–Trinajstić information content (AvgIpc) is 2.89. The largest absolute Gasteiger partial charge is 0.491 e. The summed E-state index contributed by atoms with van der Waals surface area (Å²) in [5.41, 5.74) is 2.33. The van der Waals surface area contributed by atoms with E-state index in [4.69, 9.17) is 9.31 Å². The molecule has 28 heavy (non-hydrogen) atoms. The average molecular weight is 377 g/mol. The number of ketones is 1. The summed E-state index contributed by atoms with van der Waals surface area (Å²) < 4.78 is 12.4. The van der Waals surface area contributed by atoms with Gasteiger partial charge >= 0.3 is 7.12 Å². The maximum atomic E-state index is 13.0. The molecule has 0 saturated carbocycles. The number of likely N-dealkylation sites (N-methyl/N-ethyl adjacent to an activating group) is 1. The molecule has 0 spiro atoms. The smallest absolute Gasteiger partial charge is 0.400 e. The fraction of sp³-hybridized carbons (Fsp3) is 0.348. The van der Waals surface area contributed by atoms with Gasteiger partial charge in [0.15, 0.2) is 5.78 Å². The van der Waals surface area contributed by atoms with Crippen LogP contribution in [0.2, 0.25) is 0 Å². The number of carbonyl (C=O) groups is 1. The van der Waals surface area contributed by atoms with Crippen molar-refractivity contribution in [3.05, 3.63) is 76.8 Å². The second-order valence-electron chi connectivity index (χ2n) is 8.12. The van der Waals surface area contributed by atoms with Crippen LogP contribution >= 0.6 is 0 Å². The van der Waals surface area contributed by atoms with Crippen molar-refractivity contribution in [2.24, 2.45) is 0 Å². The van der Waals surface area contributed by atoms with Gasteiger partial charge in [-0.2, -0.15) is 0 Å². The lowest BCUT2D eigenvalue weighted by atomic mass is 9.76. The number of hydrogen-bond acceptors (Lipinski definition) is 4. The molecule has 5 heteroatoms. The van der Waals surface area contributed by atoms with Crippen molar-refractivity contribution in [2.75, 3.05) is 13.6 Å². The van der Waals surface area contributed by atoms with Crippen LogP contribution in [0.25, 0.3) is 6.08 Å². The predicted molar refractivity (Wildman–Crippen MR) is 114 cm³/mol. The van der Waals surface area contributed by atoms with E-state index < -0.39 is 18.3 Å². The third-order valence-corrected chi connectivity index (χ3v) is 5.52. The molecule has 0 aliphatic carbocycles. The molecule has 2 aromatic rings. The summed E-state index contributed by atoms with van der Waals surface area (Å²) in [5.74, 6) is 0.00479. The van der Waals surface area contributed by atoms with E-state index in [-0.39, 0.29) is 5.78 Å². The van der Waals surface area contributed by atoms with Crippen molar-refractivity contribution in [3.8, 4) is 0 Å². The van der Waals surface area contributed by atoms with Crippen LogP contribution in [-0.2, 0) is 9.31 Å². The monoisotopic (exact) mass is 377 g/mol. The van der Waals surface area contributed by atoms with E-state index >= 15 is 0 Å². The van der Waals surface area contributed by atoms with E-state index in [0.29, 0.717) is 17.7 Å². The Balaban J connectivity index is 1.98. The molecule has 1 heterocycles. The molecule has 2 aromatic carbocycles. The normalized spacial score (nSPS) is 18.3. The van der Waals surface area contributed by atoms with E-state index in [1.165, 1.54) is 0 Å². The Morgan fingerprint density at radius 3 is 2.14 bits per heavy atom. The molecular weight excluding hydrogens is 349 g/mol. The van der Waals surface area contributed by atoms with Crippen LogP contribution in [0.4, 0.5) is 0 Å². The maximum Gasteiger partial charge on any atom is 0.491 e. The second-order valence-corrected chi connectivity index (χ2v) is 8.12. The van der Waals surface area contributed by atoms with Gasteiger partial charge in [-0.15, -0.1) is 0 Å². The third-order valence-electron chi connectivity index (χ3n) is 5.52. The molecule has 0 aromatic heterocycles. The number of benzene rings is 2. The zero-order chi connectivity index (χ0) is 20.4. The lowest BCUT2D eigenvalue weighted by Crippen LogP contribution is -2.41. The van der Waals surface area contributed by atoms with Crippen molar-refractivity contribution in [1.29, 1.82) is 0 Å². The molecule has 0 atom stereocenters. The van der Waals surface area contributed by atoms with Crippen LogP contribution in [0.1, 0.15) is 49.2 Å². The van der Waals surface area contributed by atoms with E-state index in [2.05, 4.69) is 5.32 Å². The maximum absolute atomic E-state index is 13.0. The minimum Gasteiger partial charge on any atom is -0.400 e. The van der Waals surface area contributed by atoms with Crippen LogP contribution in [0.3, 0.4) is 0 Å². The molecule has 1 aliphatic rings. The number of nitrogens with one attached hydrogen (secondary N) is 1. The predicted octanol–water partition coefficient (Wildman–Crippen LogP) is 4.15. The van der Waals surface area contributed by atoms with Gasteiger partial charge in [0.05, 0.1) is 11.2 Å². The quantitative estimate of drug-likeness (QED) is 0.607. The first kappa shape index (κ1) is 20.5. The first-order chi connectivity index (χ1) is 13.2. The Kier molecular flexibility index (Phi) is 5.89. The highest BCUT2D eigenvalue weighted by atomic mass is 16.7. The zero-order valence-corrected chi connectivity index (χ0v) is 17.3. The molecule has 1 fully saturated rings. The highest BCUT2D eigenvalue weighted by Crippen LogP contribution is 2.38. The van der Waals surface area contributed by atoms with Gasteiger partial charge in [0.2, 0.25) is 0 Å². The van der Waals surface area contributed by atoms with Crippen molar-refractivity contribution in [2.45, 2.75) is 38.9 Å². The lowest BCUT2D eigenvalue weighted by Gasteiger charge is -2.32. The molecule has 0 radical (unpaired) electrons. The minimum atomic E-state index is -0.461. The van der Waals surface area contributed by atoms with Crippen LogP contribution in [0, 0.1) is 0 Å². The number of carbonyl (C=O) groups excluding carboxylic acids is 1. The fourth-order valence-electron chi connectivity index (χ4n) is 3.18. The van der Waals surface area contributed by atoms with Crippen LogP contribution in [0.5, 0.6) is 0 Å². The molecule has 0 unspecified atom stereocenters. The molecule has 1 saturated heterocycles. The number of hydrogen-bond donors (Lipinski definition) is 1. The molecule has 3 rings (SSSR count). The van der Waals surface area contributed by atoms with Gasteiger partial charge in [0, 0.05) is 17.7 Å². The van der Waals surface area contributed by atoms with Gasteiger partial charge in [-0.25, -0.2) is 0 Å². The first-order valence-electron chi connectivity index (χ1n) is 9.64. The SMILES string of the molecule is CNCC(=Cc1ccccc1C(=O)c1ccccc1)B1OC(C)(C)C(C)(C)O1. The Morgan fingerprint density at radius 1 is 0.964 bits per heavy atom. The lowest BCUT2D eigenvalue weighted by molar-refractivity contribution is 0.00578. The van der Waals surface area contributed by atoms with Crippen LogP contribution in [-0.4, -0.2) is 37.7 Å². The first-order valence-corrected chi connectivity index (χ1v) is 9.64. The molecular formula is C23H28BNO3. The van der Waals surface area contributed by atoms with Crippen LogP contribution < -0.4 is 5.32 Å². The van der Waals surface area contributed by atoms with Gasteiger partial charge in [-0.1, -0.05) is 60.7 Å². The Morgan fingerprint density at radius 2 is 1.54 bits per heavy atom. The summed E-state index contributed by atoms with van der Waals surface area (Å²) in [6.45, 7) is 8.76. The summed E-state index contributed by atoms with van der Waals surface area (Å²) in [6.07, 6.45) is 2.01. The Bertz CT molecular complexity index is 858. The van der Waals surface area contributed by atoms with Crippen molar-refractivity contribution in [1.82, 2.24) is 5.32 Å². The third kappa shape index (κ3) is 4.12. The topological polar surface area (TPSA) is 47.6 Å². The molecule has 1 N–H and O–H groups in total. The second kappa shape index (κ2) is 8.04. The van der Waals surface area contributed by atoms with Gasteiger partial charge in [0.25, 0.3) is 0 Å². The van der Waals surface area contributed by atoms with Crippen LogP contribution in [0.15, 0.2) is 60.1 Å². The minimum absolute atomic E-state index is 0.00479. The van der Waals surface area contributed by atoms with Crippen molar-refractivity contribution >= 4 is 19.0 Å². The van der Waals surface area contributed by atoms with E-state index in [1.807, 2.05) is 95.4 Å². The van der Waals surface area contributed by atoms with E-state index in [1.54, 1.807) is 0 Å². The summed E-state index contributed by atoms with van der Waals surface area (Å²) in [6, 6.07) is 17.0. The highest BCUT2D eigenvalue weighted by Gasteiger charge is 2.52. The highest BCUT2D eigenvalue weighted by molar-refractivity contribution is 6.56. The van der Waals surface area contributed by atoms with Gasteiger partial charge in [0.1, 0.15) is 0 Å². The summed E-state index contributed by atoms with van der Waals surface area (Å²) >= 11 is 0. The molecule has 0 bridgehead atoms. The molecule has 146 valence electrons. The molecule has 0 amide bonds. The van der Waals surface area contributed by atoms with E-state index in [9.17, 15) is 4.79 Å². The summed E-state index contributed by atoms with van der Waals surface area (Å²) in [5, 5.41) is 3.19. The standard InChI is InChI=1S/C23H28BNO3/c1-22(2)23(3,4)28-24(27-22)19(16-25-5)15-18-13-9-10-14-20(18)21(26)17-11-7-6-8-12-17/h6-15,25H,16H2,1-5H3. The van der Waals surface area contributed by atoms with Gasteiger partial charge in [-0.05, 0) is 45.8 Å². The Labute approximate surface area is 168 Å². The van der Waals surface area contributed by atoms with Gasteiger partial charge < -0.3 is 14.6 Å². The van der Waals surface area contributed by atoms with Crippen molar-refractivity contribution < 1.29 is 14.1 Å². The fourth-order valence-corrected chi connectivity index (χ4v) is 3.18. The van der Waals surface area contributed by atoms with Crippen molar-refractivity contribution in [3.63, 3.8) is 0 Å². The summed E-state index contributed by atoms with van der Waals surface area (Å²) in [7, 11) is 1.43. The zero-order valence-electron chi connectivity index (χ0n) is 17.3. The summed E-state index contributed by atoms with van der Waals surface area (Å²) in [4.78, 5) is 13.0. The molecule has 1 aliphatic heterocycles. The molecule has 4 nitrogen and oxygen atoms in total. The Hall–Kier alpha value is -2.21. The van der Waals surface area contributed by atoms with Gasteiger partial charge in [-0.3, -0.25) is 4.79 Å². The van der Waals surface area contributed by atoms with E-state index in [0.717, 1.165) is 11.0 Å².